The van der Waals surface area contributed by atoms with E-state index in [1.807, 2.05) is 24.3 Å². The van der Waals surface area contributed by atoms with E-state index in [-0.39, 0.29) is 0 Å². The van der Waals surface area contributed by atoms with Gasteiger partial charge >= 0.3 is 0 Å². The lowest BCUT2D eigenvalue weighted by molar-refractivity contribution is 0.169. The van der Waals surface area contributed by atoms with Gasteiger partial charge in [-0.25, -0.2) is 0 Å². The van der Waals surface area contributed by atoms with Crippen molar-refractivity contribution in [2.75, 3.05) is 26.2 Å². The molecule has 0 spiro atoms. The first-order valence-electron chi connectivity index (χ1n) is 7.96. The minimum atomic E-state index is 0.591. The van der Waals surface area contributed by atoms with Crippen molar-refractivity contribution in [1.29, 1.82) is 0 Å². The van der Waals surface area contributed by atoms with Crippen molar-refractivity contribution in [2.45, 2.75) is 39.2 Å². The highest BCUT2D eigenvalue weighted by molar-refractivity contribution is 5.26. The molecule has 1 aromatic rings. The van der Waals surface area contributed by atoms with Crippen LogP contribution in [0.1, 0.15) is 38.2 Å². The van der Waals surface area contributed by atoms with E-state index in [0.717, 1.165) is 36.8 Å². The van der Waals surface area contributed by atoms with E-state index in [2.05, 4.69) is 11.8 Å². The van der Waals surface area contributed by atoms with Gasteiger partial charge in [0.05, 0.1) is 6.61 Å². The highest BCUT2D eigenvalue weighted by Gasteiger charge is 2.16. The van der Waals surface area contributed by atoms with Gasteiger partial charge in [-0.15, -0.1) is 0 Å². The Labute approximate surface area is 123 Å². The number of likely N-dealkylation sites (tertiary alicyclic amines) is 1. The summed E-state index contributed by atoms with van der Waals surface area (Å²) in [5, 5.41) is 0. The summed E-state index contributed by atoms with van der Waals surface area (Å²) in [6, 6.07) is 8.08. The second kappa shape index (κ2) is 8.28. The Bertz CT molecular complexity index is 369. The Morgan fingerprint density at radius 2 is 1.90 bits per heavy atom. The van der Waals surface area contributed by atoms with E-state index in [9.17, 15) is 0 Å². The van der Waals surface area contributed by atoms with E-state index >= 15 is 0 Å². The number of hydrogen-bond acceptors (Lipinski definition) is 3. The molecule has 1 aliphatic heterocycles. The maximum atomic E-state index is 5.77. The molecule has 0 bridgehead atoms. The van der Waals surface area contributed by atoms with Gasteiger partial charge in [0.1, 0.15) is 5.75 Å². The molecule has 1 fully saturated rings. The van der Waals surface area contributed by atoms with Crippen LogP contribution >= 0.6 is 0 Å². The summed E-state index contributed by atoms with van der Waals surface area (Å²) in [5.74, 6) is 1.91. The highest BCUT2D eigenvalue weighted by Crippen LogP contribution is 2.20. The van der Waals surface area contributed by atoms with Gasteiger partial charge in [0.25, 0.3) is 0 Å². The maximum Gasteiger partial charge on any atom is 0.119 e. The standard InChI is InChI=1S/C17H28N2O/c1-2-15-8-11-19(12-9-15)10-3-13-20-17-6-4-16(14-18)5-7-17/h4-7,15H,2-3,8-14,18H2,1H3. The third kappa shape index (κ3) is 4.80. The van der Waals surface area contributed by atoms with Gasteiger partial charge in [0.2, 0.25) is 0 Å². The summed E-state index contributed by atoms with van der Waals surface area (Å²) in [6.07, 6.45) is 5.20. The molecule has 1 aliphatic rings. The molecule has 3 heteroatoms. The molecule has 1 aromatic carbocycles. The normalized spacial score (nSPS) is 17.3. The zero-order valence-corrected chi connectivity index (χ0v) is 12.7. The average molecular weight is 276 g/mol. The van der Waals surface area contributed by atoms with Crippen molar-refractivity contribution in [2.24, 2.45) is 11.7 Å². The molecule has 0 aliphatic carbocycles. The van der Waals surface area contributed by atoms with Gasteiger partial charge in [0, 0.05) is 13.1 Å². The zero-order valence-electron chi connectivity index (χ0n) is 12.7. The van der Waals surface area contributed by atoms with Gasteiger partial charge in [-0.3, -0.25) is 0 Å². The Hall–Kier alpha value is -1.06. The fourth-order valence-corrected chi connectivity index (χ4v) is 2.82. The second-order valence-corrected chi connectivity index (χ2v) is 5.74. The molecule has 1 saturated heterocycles. The molecule has 0 radical (unpaired) electrons. The van der Waals surface area contributed by atoms with Crippen LogP contribution in [0.4, 0.5) is 0 Å². The van der Waals surface area contributed by atoms with Crippen molar-refractivity contribution in [3.05, 3.63) is 29.8 Å². The van der Waals surface area contributed by atoms with Gasteiger partial charge in [0.15, 0.2) is 0 Å². The van der Waals surface area contributed by atoms with Crippen LogP contribution in [0.15, 0.2) is 24.3 Å². The van der Waals surface area contributed by atoms with Crippen molar-refractivity contribution in [1.82, 2.24) is 4.90 Å². The average Bonchev–Trinajstić information content (AvgIpc) is 2.53. The number of rotatable bonds is 7. The van der Waals surface area contributed by atoms with Crippen molar-refractivity contribution < 1.29 is 4.74 Å². The topological polar surface area (TPSA) is 38.5 Å². The molecule has 1 heterocycles. The molecule has 0 aromatic heterocycles. The van der Waals surface area contributed by atoms with Crippen molar-refractivity contribution in [3.63, 3.8) is 0 Å². The van der Waals surface area contributed by atoms with E-state index in [1.165, 1.54) is 32.4 Å². The van der Waals surface area contributed by atoms with E-state index in [0.29, 0.717) is 6.54 Å². The second-order valence-electron chi connectivity index (χ2n) is 5.74. The molecule has 2 rings (SSSR count). The van der Waals surface area contributed by atoms with E-state index < -0.39 is 0 Å². The van der Waals surface area contributed by atoms with Crippen LogP contribution in [0, 0.1) is 5.92 Å². The predicted molar refractivity (Wildman–Crippen MR) is 83.9 cm³/mol. The van der Waals surface area contributed by atoms with Gasteiger partial charge in [-0.2, -0.15) is 0 Å². The highest BCUT2D eigenvalue weighted by atomic mass is 16.5. The number of nitrogens with zero attached hydrogens (tertiary/aromatic N) is 1. The molecule has 0 atom stereocenters. The van der Waals surface area contributed by atoms with E-state index in [4.69, 9.17) is 10.5 Å². The minimum Gasteiger partial charge on any atom is -0.494 e. The lowest BCUT2D eigenvalue weighted by Crippen LogP contribution is -2.34. The summed E-state index contributed by atoms with van der Waals surface area (Å²) < 4.78 is 5.77. The molecular weight excluding hydrogens is 248 g/mol. The molecule has 0 unspecified atom stereocenters. The summed E-state index contributed by atoms with van der Waals surface area (Å²) >= 11 is 0. The van der Waals surface area contributed by atoms with Gasteiger partial charge in [-0.1, -0.05) is 25.5 Å². The number of ether oxygens (including phenoxy) is 1. The summed E-state index contributed by atoms with van der Waals surface area (Å²) in [5.41, 5.74) is 6.73. The third-order valence-corrected chi connectivity index (χ3v) is 4.33. The monoisotopic (exact) mass is 276 g/mol. The molecule has 0 saturated carbocycles. The van der Waals surface area contributed by atoms with Crippen LogP contribution in [0.2, 0.25) is 0 Å². The van der Waals surface area contributed by atoms with Crippen LogP contribution < -0.4 is 10.5 Å². The quantitative estimate of drug-likeness (QED) is 0.778. The first-order valence-corrected chi connectivity index (χ1v) is 7.96. The number of hydrogen-bond donors (Lipinski definition) is 1. The van der Waals surface area contributed by atoms with E-state index in [1.54, 1.807) is 0 Å². The molecule has 2 N–H and O–H groups in total. The van der Waals surface area contributed by atoms with Crippen LogP contribution in [0.5, 0.6) is 5.75 Å². The third-order valence-electron chi connectivity index (χ3n) is 4.33. The summed E-state index contributed by atoms with van der Waals surface area (Å²) in [4.78, 5) is 2.58. The van der Waals surface area contributed by atoms with Crippen LogP contribution in [-0.4, -0.2) is 31.1 Å². The predicted octanol–water partition coefficient (Wildman–Crippen LogP) is 3.04. The molecule has 3 nitrogen and oxygen atoms in total. The Morgan fingerprint density at radius 3 is 2.50 bits per heavy atom. The SMILES string of the molecule is CCC1CCN(CCCOc2ccc(CN)cc2)CC1. The molecule has 0 amide bonds. The summed E-state index contributed by atoms with van der Waals surface area (Å²) in [6.45, 7) is 7.40. The first kappa shape index (κ1) is 15.3. The zero-order chi connectivity index (χ0) is 14.2. The fourth-order valence-electron chi connectivity index (χ4n) is 2.82. The minimum absolute atomic E-state index is 0.591. The maximum absolute atomic E-state index is 5.77. The molecular formula is C17H28N2O. The van der Waals surface area contributed by atoms with Crippen LogP contribution in [0.3, 0.4) is 0 Å². The number of benzene rings is 1. The Kier molecular flexibility index (Phi) is 6.34. The van der Waals surface area contributed by atoms with Gasteiger partial charge < -0.3 is 15.4 Å². The van der Waals surface area contributed by atoms with Crippen molar-refractivity contribution >= 4 is 0 Å². The van der Waals surface area contributed by atoms with Crippen LogP contribution in [0.25, 0.3) is 0 Å². The van der Waals surface area contributed by atoms with Gasteiger partial charge in [-0.05, 0) is 56.0 Å². The van der Waals surface area contributed by atoms with Crippen molar-refractivity contribution in [3.8, 4) is 5.75 Å². The van der Waals surface area contributed by atoms with Crippen LogP contribution in [-0.2, 0) is 6.54 Å². The first-order chi connectivity index (χ1) is 9.81. The Morgan fingerprint density at radius 1 is 1.20 bits per heavy atom. The largest absolute Gasteiger partial charge is 0.494 e. The number of nitrogens with two attached hydrogens (primary N) is 1. The summed E-state index contributed by atoms with van der Waals surface area (Å²) in [7, 11) is 0. The molecule has 20 heavy (non-hydrogen) atoms. The lowest BCUT2D eigenvalue weighted by Gasteiger charge is -2.31. The smallest absolute Gasteiger partial charge is 0.119 e. The molecule has 112 valence electrons. The lowest BCUT2D eigenvalue weighted by atomic mass is 9.94. The number of piperidine rings is 1. The Balaban J connectivity index is 1.59. The fraction of sp³-hybridized carbons (Fsp3) is 0.647.